The Morgan fingerprint density at radius 3 is 2.00 bits per heavy atom. The Hall–Kier alpha value is -4.02. The highest BCUT2D eigenvalue weighted by Gasteiger charge is 2.26. The first kappa shape index (κ1) is 21.8. The second kappa shape index (κ2) is 9.46. The summed E-state index contributed by atoms with van der Waals surface area (Å²) in [5.74, 6) is 0.00683. The summed E-state index contributed by atoms with van der Waals surface area (Å²) in [5, 5.41) is 3.72. The summed E-state index contributed by atoms with van der Waals surface area (Å²) in [6, 6.07) is 32.9. The summed E-state index contributed by atoms with van der Waals surface area (Å²) >= 11 is 6.12. The van der Waals surface area contributed by atoms with Gasteiger partial charge in [0.05, 0.1) is 17.3 Å². The Morgan fingerprint density at radius 1 is 0.735 bits per heavy atom. The first-order valence-electron chi connectivity index (χ1n) is 11.0. The lowest BCUT2D eigenvalue weighted by Crippen LogP contribution is -2.37. The number of amides is 1. The van der Waals surface area contributed by atoms with Crippen LogP contribution in [-0.4, -0.2) is 17.5 Å². The van der Waals surface area contributed by atoms with Crippen LogP contribution in [0.5, 0.6) is 0 Å². The minimum absolute atomic E-state index is 0.218. The zero-order valence-electron chi connectivity index (χ0n) is 18.6. The second-order valence-corrected chi connectivity index (χ2v) is 8.56. The smallest absolute Gasteiger partial charge is 0.256 e. The molecule has 5 heteroatoms. The number of benzene rings is 4. The molecule has 0 fully saturated rings. The van der Waals surface area contributed by atoms with Crippen LogP contribution in [0.4, 0.5) is 11.4 Å². The highest BCUT2D eigenvalue weighted by atomic mass is 35.5. The molecule has 0 radical (unpaired) electrons. The fourth-order valence-electron chi connectivity index (χ4n) is 4.09. The van der Waals surface area contributed by atoms with Crippen molar-refractivity contribution in [3.8, 4) is 11.1 Å². The van der Waals surface area contributed by atoms with E-state index >= 15 is 0 Å². The Bertz CT molecular complexity index is 1390. The van der Waals surface area contributed by atoms with Crippen molar-refractivity contribution in [3.63, 3.8) is 0 Å². The number of hydrogen-bond donors (Lipinski definition) is 1. The van der Waals surface area contributed by atoms with Gasteiger partial charge in [-0.3, -0.25) is 9.79 Å². The van der Waals surface area contributed by atoms with Crippen molar-refractivity contribution in [1.82, 2.24) is 5.32 Å². The van der Waals surface area contributed by atoms with E-state index in [2.05, 4.69) is 5.32 Å². The van der Waals surface area contributed by atoms with Gasteiger partial charge in [0.25, 0.3) is 5.91 Å². The summed E-state index contributed by atoms with van der Waals surface area (Å²) in [7, 11) is 0. The summed E-state index contributed by atoms with van der Waals surface area (Å²) in [6.45, 7) is 1.96. The van der Waals surface area contributed by atoms with Crippen molar-refractivity contribution in [2.45, 2.75) is 12.8 Å². The number of carbonyl (C=O) groups is 1. The molecule has 1 amide bonds. The van der Waals surface area contributed by atoms with Crippen molar-refractivity contribution in [2.75, 3.05) is 0 Å². The molecule has 1 N–H and O–H groups in total. The van der Waals surface area contributed by atoms with Gasteiger partial charge in [0, 0.05) is 16.3 Å². The molecule has 4 aromatic carbocycles. The molecule has 1 heterocycles. The maximum Gasteiger partial charge on any atom is 0.256 e. The number of para-hydroxylation sites is 2. The molecule has 4 aromatic rings. The van der Waals surface area contributed by atoms with Crippen molar-refractivity contribution < 1.29 is 4.79 Å². The molecule has 5 rings (SSSR count). The van der Waals surface area contributed by atoms with Gasteiger partial charge in [0.15, 0.2) is 0 Å². The third-order valence-electron chi connectivity index (χ3n) is 5.81. The first-order valence-corrected chi connectivity index (χ1v) is 11.4. The molecule has 1 aliphatic rings. The van der Waals surface area contributed by atoms with Crippen molar-refractivity contribution >= 4 is 40.4 Å². The summed E-state index contributed by atoms with van der Waals surface area (Å²) in [5.41, 5.74) is 6.00. The van der Waals surface area contributed by atoms with E-state index < -0.39 is 0 Å². The minimum Gasteiger partial charge on any atom is -0.309 e. The summed E-state index contributed by atoms with van der Waals surface area (Å²) < 4.78 is 0. The molecule has 0 aromatic heterocycles. The van der Waals surface area contributed by atoms with Gasteiger partial charge in [-0.2, -0.15) is 0 Å². The van der Waals surface area contributed by atoms with E-state index in [0.717, 1.165) is 28.1 Å². The predicted molar refractivity (Wildman–Crippen MR) is 140 cm³/mol. The molecule has 0 saturated heterocycles. The van der Waals surface area contributed by atoms with Crippen LogP contribution in [0.3, 0.4) is 0 Å². The fourth-order valence-corrected chi connectivity index (χ4v) is 4.21. The molecule has 0 aliphatic carbocycles. The van der Waals surface area contributed by atoms with E-state index in [1.807, 2.05) is 110 Å². The van der Waals surface area contributed by atoms with Gasteiger partial charge >= 0.3 is 0 Å². The van der Waals surface area contributed by atoms with Gasteiger partial charge in [-0.1, -0.05) is 78.3 Å². The number of hydrogen-bond acceptors (Lipinski definition) is 3. The third kappa shape index (κ3) is 4.54. The first-order chi connectivity index (χ1) is 16.6. The van der Waals surface area contributed by atoms with Crippen LogP contribution in [0.1, 0.15) is 28.8 Å². The molecule has 1 atom stereocenters. The molecule has 0 unspecified atom stereocenters. The summed E-state index contributed by atoms with van der Waals surface area (Å²) in [4.78, 5) is 22.9. The van der Waals surface area contributed by atoms with Crippen LogP contribution in [0.15, 0.2) is 113 Å². The van der Waals surface area contributed by atoms with Crippen molar-refractivity contribution in [3.05, 3.63) is 119 Å². The van der Waals surface area contributed by atoms with Gasteiger partial charge in [-0.05, 0) is 60.0 Å². The second-order valence-electron chi connectivity index (χ2n) is 8.12. The Labute approximate surface area is 203 Å². The highest BCUT2D eigenvalue weighted by Crippen LogP contribution is 2.34. The van der Waals surface area contributed by atoms with Crippen LogP contribution >= 0.6 is 11.6 Å². The van der Waals surface area contributed by atoms with Gasteiger partial charge in [-0.15, -0.1) is 0 Å². The van der Waals surface area contributed by atoms with E-state index in [1.165, 1.54) is 0 Å². The highest BCUT2D eigenvalue weighted by molar-refractivity contribution is 6.30. The quantitative estimate of drug-likeness (QED) is 0.339. The molecule has 166 valence electrons. The zero-order chi connectivity index (χ0) is 23.5. The van der Waals surface area contributed by atoms with E-state index in [1.54, 1.807) is 0 Å². The SMILES string of the molecule is CC1=Nc2ccccc2N=C(NC(=O)c2ccc(-c3ccccc3)cc2)[C@@H]1c1ccc(Cl)cc1. The Balaban J connectivity index is 1.49. The third-order valence-corrected chi connectivity index (χ3v) is 6.06. The average Bonchev–Trinajstić information content (AvgIpc) is 3.00. The van der Waals surface area contributed by atoms with Crippen LogP contribution in [0.2, 0.25) is 5.02 Å². The lowest BCUT2D eigenvalue weighted by atomic mass is 9.93. The molecule has 34 heavy (non-hydrogen) atoms. The van der Waals surface area contributed by atoms with E-state index in [9.17, 15) is 4.79 Å². The maximum absolute atomic E-state index is 13.3. The van der Waals surface area contributed by atoms with Gasteiger partial charge in [-0.25, -0.2) is 4.99 Å². The molecule has 0 bridgehead atoms. The molecule has 0 spiro atoms. The van der Waals surface area contributed by atoms with E-state index in [4.69, 9.17) is 21.6 Å². The lowest BCUT2D eigenvalue weighted by molar-refractivity contribution is 0.0976. The van der Waals surface area contributed by atoms with Crippen LogP contribution in [0, 0.1) is 0 Å². The van der Waals surface area contributed by atoms with Crippen LogP contribution in [0.25, 0.3) is 11.1 Å². The molecular formula is C29H22ClN3O. The number of rotatable bonds is 3. The van der Waals surface area contributed by atoms with Crippen molar-refractivity contribution in [1.29, 1.82) is 0 Å². The molecular weight excluding hydrogens is 442 g/mol. The monoisotopic (exact) mass is 463 g/mol. The number of carbonyl (C=O) groups excluding carboxylic acids is 1. The van der Waals surface area contributed by atoms with E-state index in [0.29, 0.717) is 22.1 Å². The molecule has 0 saturated carbocycles. The van der Waals surface area contributed by atoms with Crippen LogP contribution in [-0.2, 0) is 0 Å². The number of halogens is 1. The normalized spacial score (nSPS) is 14.9. The zero-order valence-corrected chi connectivity index (χ0v) is 19.3. The largest absolute Gasteiger partial charge is 0.309 e. The minimum atomic E-state index is -0.308. The van der Waals surface area contributed by atoms with Gasteiger partial charge < -0.3 is 5.32 Å². The average molecular weight is 464 g/mol. The number of aliphatic imine (C=N–C) groups is 2. The van der Waals surface area contributed by atoms with Gasteiger partial charge in [0.2, 0.25) is 0 Å². The maximum atomic E-state index is 13.3. The number of amidine groups is 1. The predicted octanol–water partition coefficient (Wildman–Crippen LogP) is 7.36. The number of nitrogens with one attached hydrogen (secondary N) is 1. The number of fused-ring (bicyclic) bond motifs is 1. The number of nitrogens with zero attached hydrogens (tertiary/aromatic N) is 2. The fraction of sp³-hybridized carbons (Fsp3) is 0.0690. The van der Waals surface area contributed by atoms with Gasteiger partial charge in [0.1, 0.15) is 5.84 Å². The Kier molecular flexibility index (Phi) is 6.07. The topological polar surface area (TPSA) is 53.8 Å². The standard InChI is InChI=1S/C29H22ClN3O/c1-19-27(22-15-17-24(30)18-16-22)28(32-26-10-6-5-9-25(26)31-19)33-29(34)23-13-11-21(12-14-23)20-7-3-2-4-8-20/h2-18,27H,1H3,(H,32,33,34)/t27-/m0/s1. The van der Waals surface area contributed by atoms with E-state index in [-0.39, 0.29) is 11.8 Å². The Morgan fingerprint density at radius 2 is 1.32 bits per heavy atom. The van der Waals surface area contributed by atoms with Crippen LogP contribution < -0.4 is 5.32 Å². The molecule has 4 nitrogen and oxygen atoms in total. The lowest BCUT2D eigenvalue weighted by Gasteiger charge is -2.19. The summed E-state index contributed by atoms with van der Waals surface area (Å²) in [6.07, 6.45) is 0. The molecule has 1 aliphatic heterocycles. The van der Waals surface area contributed by atoms with Crippen molar-refractivity contribution in [2.24, 2.45) is 9.98 Å².